The zero-order chi connectivity index (χ0) is 13.0. The minimum atomic E-state index is -0.407. The summed E-state index contributed by atoms with van der Waals surface area (Å²) in [6.07, 6.45) is -0.736. The fraction of sp³-hybridized carbons (Fsp3) is 0.462. The number of nitrogens with zero attached hydrogens (tertiary/aromatic N) is 1. The Bertz CT molecular complexity index is 395. The first-order chi connectivity index (χ1) is 8.70. The van der Waals surface area contributed by atoms with Crippen molar-refractivity contribution in [2.45, 2.75) is 19.1 Å². The number of ether oxygens (including phenoxy) is 2. The third-order valence-corrected chi connectivity index (χ3v) is 2.89. The van der Waals surface area contributed by atoms with Gasteiger partial charge in [0.15, 0.2) is 0 Å². The van der Waals surface area contributed by atoms with Gasteiger partial charge in [-0.25, -0.2) is 4.79 Å². The van der Waals surface area contributed by atoms with E-state index in [0.29, 0.717) is 18.9 Å². The molecule has 1 heterocycles. The van der Waals surface area contributed by atoms with Crippen LogP contribution in [0.3, 0.4) is 0 Å². The number of aliphatic hydroxyl groups excluding tert-OH is 1. The average Bonchev–Trinajstić information content (AvgIpc) is 2.40. The van der Waals surface area contributed by atoms with Crippen LogP contribution >= 0.6 is 0 Å². The van der Waals surface area contributed by atoms with Gasteiger partial charge >= 0.3 is 6.09 Å². The number of rotatable bonds is 2. The summed E-state index contributed by atoms with van der Waals surface area (Å²) in [7, 11) is 0. The van der Waals surface area contributed by atoms with Crippen molar-refractivity contribution in [1.29, 1.82) is 0 Å². The highest BCUT2D eigenvalue weighted by Gasteiger charge is 2.30. The van der Waals surface area contributed by atoms with E-state index < -0.39 is 6.09 Å². The average molecular weight is 251 g/mol. The monoisotopic (exact) mass is 251 g/mol. The molecule has 1 N–H and O–H groups in total. The Kier molecular flexibility index (Phi) is 4.17. The van der Waals surface area contributed by atoms with Crippen molar-refractivity contribution < 1.29 is 19.4 Å². The molecule has 1 fully saturated rings. The number of para-hydroxylation sites is 1. The maximum absolute atomic E-state index is 12.0. The summed E-state index contributed by atoms with van der Waals surface area (Å²) < 4.78 is 10.6. The van der Waals surface area contributed by atoms with Gasteiger partial charge in [0.25, 0.3) is 0 Å². The van der Waals surface area contributed by atoms with Crippen LogP contribution in [0.1, 0.15) is 6.92 Å². The lowest BCUT2D eigenvalue weighted by molar-refractivity contribution is -0.0677. The second-order valence-corrected chi connectivity index (χ2v) is 4.32. The molecule has 2 rings (SSSR count). The number of hydrogen-bond acceptors (Lipinski definition) is 4. The van der Waals surface area contributed by atoms with Crippen molar-refractivity contribution in [1.82, 2.24) is 4.90 Å². The van der Waals surface area contributed by atoms with Crippen LogP contribution in [0.25, 0.3) is 0 Å². The van der Waals surface area contributed by atoms with Gasteiger partial charge in [-0.05, 0) is 19.1 Å². The van der Waals surface area contributed by atoms with Crippen LogP contribution in [0.2, 0.25) is 0 Å². The van der Waals surface area contributed by atoms with Crippen LogP contribution in [0.5, 0.6) is 5.75 Å². The van der Waals surface area contributed by atoms with Gasteiger partial charge < -0.3 is 19.5 Å². The number of aliphatic hydroxyl groups is 1. The third-order valence-electron chi connectivity index (χ3n) is 2.89. The molecule has 0 saturated carbocycles. The van der Waals surface area contributed by atoms with Crippen molar-refractivity contribution in [3.63, 3.8) is 0 Å². The van der Waals surface area contributed by atoms with E-state index in [-0.39, 0.29) is 18.8 Å². The molecule has 98 valence electrons. The topological polar surface area (TPSA) is 59.0 Å². The summed E-state index contributed by atoms with van der Waals surface area (Å²) in [6, 6.07) is 8.88. The van der Waals surface area contributed by atoms with Gasteiger partial charge in [-0.15, -0.1) is 0 Å². The molecule has 1 aliphatic rings. The maximum atomic E-state index is 12.0. The summed E-state index contributed by atoms with van der Waals surface area (Å²) >= 11 is 0. The molecule has 2 atom stereocenters. The van der Waals surface area contributed by atoms with Gasteiger partial charge in [-0.1, -0.05) is 18.2 Å². The van der Waals surface area contributed by atoms with Gasteiger partial charge in [0.05, 0.1) is 31.9 Å². The van der Waals surface area contributed by atoms with Gasteiger partial charge in [-0.2, -0.15) is 0 Å². The Hall–Kier alpha value is -1.59. The van der Waals surface area contributed by atoms with Crippen LogP contribution in [-0.4, -0.2) is 48.0 Å². The Morgan fingerprint density at radius 2 is 2.22 bits per heavy atom. The lowest BCUT2D eigenvalue weighted by atomic mass is 10.2. The maximum Gasteiger partial charge on any atom is 0.415 e. The highest BCUT2D eigenvalue weighted by molar-refractivity contribution is 5.71. The smallest absolute Gasteiger partial charge is 0.410 e. The lowest BCUT2D eigenvalue weighted by Gasteiger charge is -2.36. The largest absolute Gasteiger partial charge is 0.415 e. The van der Waals surface area contributed by atoms with E-state index in [4.69, 9.17) is 14.6 Å². The Labute approximate surface area is 106 Å². The van der Waals surface area contributed by atoms with Crippen LogP contribution in [0, 0.1) is 0 Å². The zero-order valence-corrected chi connectivity index (χ0v) is 10.3. The number of amides is 1. The van der Waals surface area contributed by atoms with Crippen molar-refractivity contribution in [2.75, 3.05) is 19.8 Å². The summed E-state index contributed by atoms with van der Waals surface area (Å²) in [5.74, 6) is 0.516. The summed E-state index contributed by atoms with van der Waals surface area (Å²) in [5, 5.41) is 9.06. The summed E-state index contributed by atoms with van der Waals surface area (Å²) in [6.45, 7) is 2.56. The second kappa shape index (κ2) is 5.84. The Morgan fingerprint density at radius 1 is 1.50 bits per heavy atom. The van der Waals surface area contributed by atoms with E-state index >= 15 is 0 Å². The van der Waals surface area contributed by atoms with Crippen molar-refractivity contribution in [3.05, 3.63) is 30.3 Å². The molecular weight excluding hydrogens is 234 g/mol. The van der Waals surface area contributed by atoms with E-state index in [0.717, 1.165) is 0 Å². The molecule has 1 aromatic rings. The van der Waals surface area contributed by atoms with E-state index in [2.05, 4.69) is 0 Å². The SMILES string of the molecule is CC1COC(CO)CN1C(=O)Oc1ccccc1. The quantitative estimate of drug-likeness (QED) is 0.860. The molecule has 1 aliphatic heterocycles. The van der Waals surface area contributed by atoms with E-state index in [1.807, 2.05) is 25.1 Å². The predicted octanol–water partition coefficient (Wildman–Crippen LogP) is 1.27. The molecule has 0 bridgehead atoms. The van der Waals surface area contributed by atoms with E-state index in [1.54, 1.807) is 17.0 Å². The van der Waals surface area contributed by atoms with Gasteiger partial charge in [-0.3, -0.25) is 0 Å². The van der Waals surface area contributed by atoms with E-state index in [1.165, 1.54) is 0 Å². The first kappa shape index (κ1) is 12.9. The number of carbonyl (C=O) groups excluding carboxylic acids is 1. The predicted molar refractivity (Wildman–Crippen MR) is 65.5 cm³/mol. The Morgan fingerprint density at radius 3 is 2.89 bits per heavy atom. The molecule has 5 nitrogen and oxygen atoms in total. The highest BCUT2D eigenvalue weighted by atomic mass is 16.6. The molecule has 1 saturated heterocycles. The molecule has 2 unspecified atom stereocenters. The van der Waals surface area contributed by atoms with E-state index in [9.17, 15) is 4.79 Å². The van der Waals surface area contributed by atoms with Crippen molar-refractivity contribution >= 4 is 6.09 Å². The molecule has 0 aromatic heterocycles. The first-order valence-corrected chi connectivity index (χ1v) is 5.96. The fourth-order valence-electron chi connectivity index (χ4n) is 1.83. The third kappa shape index (κ3) is 3.00. The van der Waals surface area contributed by atoms with Crippen molar-refractivity contribution in [3.8, 4) is 5.75 Å². The number of benzene rings is 1. The standard InChI is InChI=1S/C13H17NO4/c1-10-9-17-12(8-15)7-14(10)13(16)18-11-5-3-2-4-6-11/h2-6,10,12,15H,7-9H2,1H3. The molecule has 1 aromatic carbocycles. The van der Waals surface area contributed by atoms with Crippen LogP contribution < -0.4 is 4.74 Å². The normalized spacial score (nSPS) is 23.8. The van der Waals surface area contributed by atoms with Crippen LogP contribution in [0.4, 0.5) is 4.79 Å². The second-order valence-electron chi connectivity index (χ2n) is 4.32. The highest BCUT2D eigenvalue weighted by Crippen LogP contribution is 2.15. The zero-order valence-electron chi connectivity index (χ0n) is 10.3. The molecule has 0 aliphatic carbocycles. The van der Waals surface area contributed by atoms with Crippen molar-refractivity contribution in [2.24, 2.45) is 0 Å². The minimum Gasteiger partial charge on any atom is -0.410 e. The number of carbonyl (C=O) groups is 1. The van der Waals surface area contributed by atoms with Gasteiger partial charge in [0.2, 0.25) is 0 Å². The summed E-state index contributed by atoms with van der Waals surface area (Å²) in [5.41, 5.74) is 0. The van der Waals surface area contributed by atoms with Crippen LogP contribution in [0.15, 0.2) is 30.3 Å². The molecule has 1 amide bonds. The number of hydrogen-bond donors (Lipinski definition) is 1. The first-order valence-electron chi connectivity index (χ1n) is 5.96. The molecule has 5 heteroatoms. The number of morpholine rings is 1. The summed E-state index contributed by atoms with van der Waals surface area (Å²) in [4.78, 5) is 13.6. The lowest BCUT2D eigenvalue weighted by Crippen LogP contribution is -2.52. The molecule has 0 radical (unpaired) electrons. The van der Waals surface area contributed by atoms with Gasteiger partial charge in [0.1, 0.15) is 5.75 Å². The van der Waals surface area contributed by atoms with Gasteiger partial charge in [0, 0.05) is 0 Å². The fourth-order valence-corrected chi connectivity index (χ4v) is 1.83. The molecule has 0 spiro atoms. The van der Waals surface area contributed by atoms with Crippen LogP contribution in [-0.2, 0) is 4.74 Å². The minimum absolute atomic E-state index is 0.0518. The molecule has 18 heavy (non-hydrogen) atoms. The molecular formula is C13H17NO4. The Balaban J connectivity index is 1.99.